The molecule has 0 fully saturated rings. The van der Waals surface area contributed by atoms with Gasteiger partial charge in [0.05, 0.1) is 24.5 Å². The molecule has 4 nitrogen and oxygen atoms in total. The molecule has 0 spiro atoms. The number of nitriles is 1. The van der Waals surface area contributed by atoms with Crippen molar-refractivity contribution in [2.45, 2.75) is 38.1 Å². The van der Waals surface area contributed by atoms with Crippen molar-refractivity contribution in [3.05, 3.63) is 29.8 Å². The van der Waals surface area contributed by atoms with Crippen LogP contribution in [0.1, 0.15) is 37.6 Å². The second kappa shape index (κ2) is 8.06. The summed E-state index contributed by atoms with van der Waals surface area (Å²) in [5, 5.41) is 20.8. The third-order valence-electron chi connectivity index (χ3n) is 2.81. The highest BCUT2D eigenvalue weighted by Gasteiger charge is 2.20. The summed E-state index contributed by atoms with van der Waals surface area (Å²) in [5.41, 5.74) is 0.579. The van der Waals surface area contributed by atoms with Crippen LogP contribution < -0.4 is 5.32 Å². The maximum Gasteiger partial charge on any atom is 0.251 e. The largest absolute Gasteiger partial charge is 0.394 e. The van der Waals surface area contributed by atoms with E-state index in [0.29, 0.717) is 17.7 Å². The molecule has 1 aromatic rings. The molecule has 0 aliphatic carbocycles. The Morgan fingerprint density at radius 2 is 2.19 bits per heavy atom. The van der Waals surface area contributed by atoms with E-state index in [2.05, 4.69) is 32.2 Å². The third-order valence-corrected chi connectivity index (χ3v) is 3.67. The summed E-state index contributed by atoms with van der Waals surface area (Å²) in [5.74, 6) is 0.159. The summed E-state index contributed by atoms with van der Waals surface area (Å²) in [4.78, 5) is 13.1. The van der Waals surface area contributed by atoms with Crippen LogP contribution in [0.15, 0.2) is 29.2 Å². The molecule has 2 N–H and O–H groups in total. The lowest BCUT2D eigenvalue weighted by Gasteiger charge is -2.25. The Bertz CT molecular complexity index is 518. The van der Waals surface area contributed by atoms with E-state index in [0.717, 1.165) is 4.90 Å². The van der Waals surface area contributed by atoms with Crippen LogP contribution >= 0.6 is 11.8 Å². The molecule has 0 saturated carbocycles. The number of nitrogens with one attached hydrogen (secondary N) is 1. The average molecular weight is 306 g/mol. The van der Waals surface area contributed by atoms with Crippen LogP contribution in [0.25, 0.3) is 0 Å². The number of amides is 1. The molecular formula is C16H22N2O2S. The predicted octanol–water partition coefficient (Wildman–Crippen LogP) is 2.83. The average Bonchev–Trinajstić information content (AvgIpc) is 2.43. The summed E-state index contributed by atoms with van der Waals surface area (Å²) < 4.78 is 0. The Hall–Kier alpha value is -1.51. The maximum absolute atomic E-state index is 12.2. The lowest BCUT2D eigenvalue weighted by molar-refractivity contribution is 0.0897. The maximum atomic E-state index is 12.2. The minimum atomic E-state index is -0.257. The standard InChI is InChI=1S/C16H22N2O2S/c1-16(2,3)10-13(11-19)18-15(20)12-5-4-6-14(9-12)21-8-7-17/h4-6,9,13,19H,8,10-11H2,1-3H3,(H,18,20). The molecule has 0 saturated heterocycles. The summed E-state index contributed by atoms with van der Waals surface area (Å²) in [6, 6.07) is 8.98. The zero-order valence-electron chi connectivity index (χ0n) is 12.7. The molecule has 1 aromatic carbocycles. The quantitative estimate of drug-likeness (QED) is 0.793. The molecule has 1 rings (SSSR count). The van der Waals surface area contributed by atoms with Gasteiger partial charge < -0.3 is 10.4 Å². The molecule has 0 bridgehead atoms. The van der Waals surface area contributed by atoms with Gasteiger partial charge in [0.15, 0.2) is 0 Å². The fourth-order valence-electron chi connectivity index (χ4n) is 2.01. The zero-order valence-corrected chi connectivity index (χ0v) is 13.5. The van der Waals surface area contributed by atoms with Gasteiger partial charge in [-0.05, 0) is 30.0 Å². The van der Waals surface area contributed by atoms with Crippen LogP contribution in [0.2, 0.25) is 0 Å². The van der Waals surface area contributed by atoms with Crippen molar-refractivity contribution >= 4 is 17.7 Å². The van der Waals surface area contributed by atoms with E-state index in [9.17, 15) is 9.90 Å². The van der Waals surface area contributed by atoms with E-state index in [1.165, 1.54) is 11.8 Å². The number of hydrogen-bond donors (Lipinski definition) is 2. The van der Waals surface area contributed by atoms with E-state index in [1.807, 2.05) is 6.07 Å². The second-order valence-electron chi connectivity index (χ2n) is 6.09. The number of aliphatic hydroxyl groups excluding tert-OH is 1. The number of benzene rings is 1. The molecule has 0 radical (unpaired) electrons. The number of thioether (sulfide) groups is 1. The minimum absolute atomic E-state index is 0.0329. The van der Waals surface area contributed by atoms with E-state index in [1.54, 1.807) is 18.2 Å². The molecule has 1 amide bonds. The lowest BCUT2D eigenvalue weighted by atomic mass is 9.88. The number of carbonyl (C=O) groups is 1. The first-order valence-corrected chi connectivity index (χ1v) is 7.86. The summed E-state index contributed by atoms with van der Waals surface area (Å²) in [6.45, 7) is 6.13. The van der Waals surface area contributed by atoms with Crippen molar-refractivity contribution in [1.29, 1.82) is 5.26 Å². The molecule has 0 aliphatic rings. The lowest BCUT2D eigenvalue weighted by Crippen LogP contribution is -2.40. The minimum Gasteiger partial charge on any atom is -0.394 e. The predicted molar refractivity (Wildman–Crippen MR) is 85.2 cm³/mol. The fourth-order valence-corrected chi connectivity index (χ4v) is 2.63. The highest BCUT2D eigenvalue weighted by atomic mass is 32.2. The molecule has 1 atom stereocenters. The first-order chi connectivity index (χ1) is 9.85. The van der Waals surface area contributed by atoms with Crippen molar-refractivity contribution in [2.75, 3.05) is 12.4 Å². The van der Waals surface area contributed by atoms with E-state index >= 15 is 0 Å². The normalized spacial score (nSPS) is 12.5. The van der Waals surface area contributed by atoms with Crippen LogP contribution in [0, 0.1) is 16.7 Å². The van der Waals surface area contributed by atoms with Crippen LogP contribution in [0.5, 0.6) is 0 Å². The number of aliphatic hydroxyl groups is 1. The van der Waals surface area contributed by atoms with Crippen molar-refractivity contribution in [3.63, 3.8) is 0 Å². The first kappa shape index (κ1) is 17.5. The Kier molecular flexibility index (Phi) is 6.73. The second-order valence-corrected chi connectivity index (χ2v) is 7.14. The van der Waals surface area contributed by atoms with Gasteiger partial charge in [0, 0.05) is 10.5 Å². The van der Waals surface area contributed by atoms with Crippen molar-refractivity contribution < 1.29 is 9.90 Å². The van der Waals surface area contributed by atoms with Crippen molar-refractivity contribution in [1.82, 2.24) is 5.32 Å². The van der Waals surface area contributed by atoms with Gasteiger partial charge >= 0.3 is 0 Å². The molecule has 5 heteroatoms. The molecule has 21 heavy (non-hydrogen) atoms. The molecule has 0 heterocycles. The van der Waals surface area contributed by atoms with Gasteiger partial charge in [0.2, 0.25) is 0 Å². The number of nitrogens with zero attached hydrogens (tertiary/aromatic N) is 1. The van der Waals surface area contributed by atoms with Gasteiger partial charge in [0.25, 0.3) is 5.91 Å². The zero-order chi connectivity index (χ0) is 15.9. The first-order valence-electron chi connectivity index (χ1n) is 6.87. The highest BCUT2D eigenvalue weighted by molar-refractivity contribution is 7.99. The Morgan fingerprint density at radius 3 is 2.76 bits per heavy atom. The number of carbonyl (C=O) groups excluding carboxylic acids is 1. The smallest absolute Gasteiger partial charge is 0.251 e. The SMILES string of the molecule is CC(C)(C)CC(CO)NC(=O)c1cccc(SCC#N)c1. The Labute approximate surface area is 130 Å². The van der Waals surface area contributed by atoms with Gasteiger partial charge in [-0.1, -0.05) is 26.8 Å². The molecule has 0 aliphatic heterocycles. The van der Waals surface area contributed by atoms with Crippen LogP contribution in [-0.2, 0) is 0 Å². The van der Waals surface area contributed by atoms with Gasteiger partial charge in [0.1, 0.15) is 0 Å². The third kappa shape index (κ3) is 6.65. The highest BCUT2D eigenvalue weighted by Crippen LogP contribution is 2.21. The van der Waals surface area contributed by atoms with Crippen molar-refractivity contribution in [3.8, 4) is 6.07 Å². The van der Waals surface area contributed by atoms with Crippen LogP contribution in [0.4, 0.5) is 0 Å². The molecule has 0 aromatic heterocycles. The molecular weight excluding hydrogens is 284 g/mol. The van der Waals surface area contributed by atoms with Gasteiger partial charge in [-0.25, -0.2) is 0 Å². The van der Waals surface area contributed by atoms with Gasteiger partial charge in [-0.15, -0.1) is 11.8 Å². The Balaban J connectivity index is 2.72. The van der Waals surface area contributed by atoms with Crippen LogP contribution in [0.3, 0.4) is 0 Å². The molecule has 114 valence electrons. The van der Waals surface area contributed by atoms with E-state index in [4.69, 9.17) is 5.26 Å². The van der Waals surface area contributed by atoms with E-state index in [-0.39, 0.29) is 24.0 Å². The van der Waals surface area contributed by atoms with Crippen molar-refractivity contribution in [2.24, 2.45) is 5.41 Å². The topological polar surface area (TPSA) is 73.1 Å². The molecule has 1 unspecified atom stereocenters. The number of rotatable bonds is 6. The van der Waals surface area contributed by atoms with Gasteiger partial charge in [-0.2, -0.15) is 5.26 Å². The number of hydrogen-bond acceptors (Lipinski definition) is 4. The monoisotopic (exact) mass is 306 g/mol. The fraction of sp³-hybridized carbons (Fsp3) is 0.500. The Morgan fingerprint density at radius 1 is 1.48 bits per heavy atom. The van der Waals surface area contributed by atoms with Crippen LogP contribution in [-0.4, -0.2) is 29.4 Å². The summed E-state index contributed by atoms with van der Waals surface area (Å²) in [7, 11) is 0. The van der Waals surface area contributed by atoms with E-state index < -0.39 is 0 Å². The summed E-state index contributed by atoms with van der Waals surface area (Å²) in [6.07, 6.45) is 0.706. The van der Waals surface area contributed by atoms with Gasteiger partial charge in [-0.3, -0.25) is 4.79 Å². The summed E-state index contributed by atoms with van der Waals surface area (Å²) >= 11 is 1.40.